The molecule has 1 aromatic carbocycles. The summed E-state index contributed by atoms with van der Waals surface area (Å²) >= 11 is 0. The number of nitrogens with one attached hydrogen (secondary N) is 2. The van der Waals surface area contributed by atoms with Gasteiger partial charge in [-0.3, -0.25) is 9.89 Å². The van der Waals surface area contributed by atoms with E-state index in [4.69, 9.17) is 5.11 Å². The number of carbonyl (C=O) groups excluding carboxylic acids is 1. The van der Waals surface area contributed by atoms with Gasteiger partial charge in [0.1, 0.15) is 5.82 Å². The molecule has 1 aromatic heterocycles. The van der Waals surface area contributed by atoms with Crippen molar-refractivity contribution in [1.29, 1.82) is 0 Å². The van der Waals surface area contributed by atoms with Gasteiger partial charge in [0.15, 0.2) is 0 Å². The van der Waals surface area contributed by atoms with Crippen molar-refractivity contribution in [2.45, 2.75) is 13.0 Å². The Morgan fingerprint density at radius 2 is 2.33 bits per heavy atom. The van der Waals surface area contributed by atoms with E-state index in [2.05, 4.69) is 27.4 Å². The molecule has 0 saturated carbocycles. The lowest BCUT2D eigenvalue weighted by Gasteiger charge is -2.04. The first-order valence-electron chi connectivity index (χ1n) is 6.36. The molecule has 21 heavy (non-hydrogen) atoms. The number of nitrogens with zero attached hydrogens (tertiary/aromatic N) is 1. The molecule has 0 atom stereocenters. The Kier molecular flexibility index (Phi) is 5.07. The number of aromatic nitrogens is 2. The zero-order chi connectivity index (χ0) is 15.1. The van der Waals surface area contributed by atoms with E-state index in [9.17, 15) is 9.18 Å². The van der Waals surface area contributed by atoms with Crippen LogP contribution in [0.3, 0.4) is 0 Å². The van der Waals surface area contributed by atoms with Crippen molar-refractivity contribution in [2.75, 3.05) is 6.61 Å². The lowest BCUT2D eigenvalue weighted by atomic mass is 10.1. The fourth-order valence-electron chi connectivity index (χ4n) is 1.63. The van der Waals surface area contributed by atoms with Gasteiger partial charge >= 0.3 is 0 Å². The Hall–Kier alpha value is -2.65. The van der Waals surface area contributed by atoms with E-state index in [1.54, 1.807) is 12.4 Å². The zero-order valence-corrected chi connectivity index (χ0v) is 11.2. The predicted molar refractivity (Wildman–Crippen MR) is 74.7 cm³/mol. The normalized spacial score (nSPS) is 9.81. The average molecular weight is 287 g/mol. The number of aliphatic hydroxyl groups excluding tert-OH is 1. The molecule has 5 nitrogen and oxygen atoms in total. The van der Waals surface area contributed by atoms with Crippen molar-refractivity contribution >= 4 is 5.91 Å². The molecule has 0 fully saturated rings. The second kappa shape index (κ2) is 7.22. The van der Waals surface area contributed by atoms with E-state index in [1.165, 1.54) is 12.1 Å². The van der Waals surface area contributed by atoms with Crippen LogP contribution in [0.1, 0.15) is 27.9 Å². The summed E-state index contributed by atoms with van der Waals surface area (Å²) in [4.78, 5) is 11.9. The molecule has 0 saturated heterocycles. The minimum Gasteiger partial charge on any atom is -0.395 e. The Morgan fingerprint density at radius 1 is 1.48 bits per heavy atom. The summed E-state index contributed by atoms with van der Waals surface area (Å²) < 4.78 is 13.8. The number of aromatic amines is 1. The molecule has 0 spiro atoms. The summed E-state index contributed by atoms with van der Waals surface area (Å²) in [7, 11) is 0. The number of carbonyl (C=O) groups is 1. The molecule has 0 aliphatic carbocycles. The second-order valence-corrected chi connectivity index (χ2v) is 4.26. The van der Waals surface area contributed by atoms with E-state index in [0.717, 1.165) is 11.6 Å². The van der Waals surface area contributed by atoms with Crippen molar-refractivity contribution in [3.8, 4) is 11.8 Å². The van der Waals surface area contributed by atoms with Crippen LogP contribution in [0, 0.1) is 17.7 Å². The molecular formula is C15H14FN3O2. The van der Waals surface area contributed by atoms with Crippen LogP contribution in [-0.2, 0) is 6.54 Å². The van der Waals surface area contributed by atoms with Crippen LogP contribution in [0.15, 0.2) is 30.6 Å². The molecule has 1 heterocycles. The van der Waals surface area contributed by atoms with Crippen LogP contribution in [0.4, 0.5) is 4.39 Å². The van der Waals surface area contributed by atoms with E-state index >= 15 is 0 Å². The van der Waals surface area contributed by atoms with Gasteiger partial charge in [-0.25, -0.2) is 4.39 Å². The van der Waals surface area contributed by atoms with Gasteiger partial charge in [0.25, 0.3) is 5.91 Å². The molecular weight excluding hydrogens is 273 g/mol. The highest BCUT2D eigenvalue weighted by Gasteiger charge is 2.09. The van der Waals surface area contributed by atoms with Crippen molar-refractivity contribution in [2.24, 2.45) is 0 Å². The number of hydrogen-bond acceptors (Lipinski definition) is 3. The van der Waals surface area contributed by atoms with E-state index < -0.39 is 5.82 Å². The maximum atomic E-state index is 13.8. The lowest BCUT2D eigenvalue weighted by Crippen LogP contribution is -2.22. The number of rotatable bonds is 4. The number of aliphatic hydroxyl groups is 1. The molecule has 3 N–H and O–H groups in total. The van der Waals surface area contributed by atoms with Crippen molar-refractivity contribution in [1.82, 2.24) is 15.5 Å². The van der Waals surface area contributed by atoms with Crippen LogP contribution in [0.2, 0.25) is 0 Å². The molecule has 2 rings (SSSR count). The summed E-state index contributed by atoms with van der Waals surface area (Å²) in [6, 6.07) is 4.11. The highest BCUT2D eigenvalue weighted by molar-refractivity contribution is 5.94. The maximum Gasteiger partial charge on any atom is 0.251 e. The van der Waals surface area contributed by atoms with Gasteiger partial charge in [0.2, 0.25) is 0 Å². The largest absolute Gasteiger partial charge is 0.395 e. The van der Waals surface area contributed by atoms with Crippen LogP contribution < -0.4 is 5.32 Å². The molecule has 108 valence electrons. The first kappa shape index (κ1) is 14.8. The van der Waals surface area contributed by atoms with Crippen LogP contribution in [0.25, 0.3) is 0 Å². The summed E-state index contributed by atoms with van der Waals surface area (Å²) in [6.45, 7) is 0.248. The van der Waals surface area contributed by atoms with Crippen molar-refractivity contribution < 1.29 is 14.3 Å². The topological polar surface area (TPSA) is 78.0 Å². The molecule has 2 aromatic rings. The number of H-pyrrole nitrogens is 1. The monoisotopic (exact) mass is 287 g/mol. The van der Waals surface area contributed by atoms with Gasteiger partial charge in [-0.2, -0.15) is 5.10 Å². The first-order chi connectivity index (χ1) is 10.2. The molecule has 6 heteroatoms. The quantitative estimate of drug-likeness (QED) is 0.740. The third-order valence-electron chi connectivity index (χ3n) is 2.70. The van der Waals surface area contributed by atoms with Gasteiger partial charge in [0, 0.05) is 30.3 Å². The molecule has 1 amide bonds. The number of halogens is 1. The minimum atomic E-state index is -0.559. The van der Waals surface area contributed by atoms with Gasteiger partial charge in [-0.1, -0.05) is 11.8 Å². The lowest BCUT2D eigenvalue weighted by molar-refractivity contribution is 0.0950. The Labute approximate surface area is 121 Å². The van der Waals surface area contributed by atoms with Gasteiger partial charge < -0.3 is 10.4 Å². The van der Waals surface area contributed by atoms with Gasteiger partial charge in [0.05, 0.1) is 18.4 Å². The number of hydrogen-bond donors (Lipinski definition) is 3. The third-order valence-corrected chi connectivity index (χ3v) is 2.70. The van der Waals surface area contributed by atoms with Crippen LogP contribution in [0.5, 0.6) is 0 Å². The van der Waals surface area contributed by atoms with Crippen LogP contribution >= 0.6 is 0 Å². The second-order valence-electron chi connectivity index (χ2n) is 4.26. The standard InChI is InChI=1S/C15H14FN3O2/c16-14-7-13(5-4-12(14)3-1-2-6-20)15(21)17-8-11-9-18-19-10-11/h4-5,7,9-10,20H,2,6,8H2,(H,17,21)(H,18,19). The summed E-state index contributed by atoms with van der Waals surface area (Å²) in [6.07, 6.45) is 3.55. The summed E-state index contributed by atoms with van der Waals surface area (Å²) in [5, 5.41) is 17.7. The molecule has 0 aliphatic rings. The molecule has 0 aliphatic heterocycles. The third kappa shape index (κ3) is 4.16. The Bertz CT molecular complexity index is 672. The van der Waals surface area contributed by atoms with Gasteiger partial charge in [-0.15, -0.1) is 0 Å². The molecule has 0 bridgehead atoms. The highest BCUT2D eigenvalue weighted by atomic mass is 19.1. The maximum absolute atomic E-state index is 13.8. The van der Waals surface area contributed by atoms with Gasteiger partial charge in [-0.05, 0) is 18.2 Å². The van der Waals surface area contributed by atoms with E-state index in [0.29, 0.717) is 6.54 Å². The fourth-order valence-corrected chi connectivity index (χ4v) is 1.63. The predicted octanol–water partition coefficient (Wildman–Crippen LogP) is 1.21. The Morgan fingerprint density at radius 3 is 3.00 bits per heavy atom. The number of benzene rings is 1. The van der Waals surface area contributed by atoms with E-state index in [1.807, 2.05) is 0 Å². The summed E-state index contributed by atoms with van der Waals surface area (Å²) in [5.74, 6) is 4.31. The average Bonchev–Trinajstić information content (AvgIpc) is 3.00. The van der Waals surface area contributed by atoms with Crippen LogP contribution in [-0.4, -0.2) is 27.8 Å². The minimum absolute atomic E-state index is 0.0663. The smallest absolute Gasteiger partial charge is 0.251 e. The first-order valence-corrected chi connectivity index (χ1v) is 6.36. The fraction of sp³-hybridized carbons (Fsp3) is 0.200. The van der Waals surface area contributed by atoms with E-state index in [-0.39, 0.29) is 30.1 Å². The molecule has 0 radical (unpaired) electrons. The molecule has 0 unspecified atom stereocenters. The van der Waals surface area contributed by atoms with Crippen molar-refractivity contribution in [3.63, 3.8) is 0 Å². The SMILES string of the molecule is O=C(NCc1cn[nH]c1)c1ccc(C#CCCO)c(F)c1. The highest BCUT2D eigenvalue weighted by Crippen LogP contribution is 2.10. The summed E-state index contributed by atoms with van der Waals surface area (Å²) in [5.41, 5.74) is 1.26. The van der Waals surface area contributed by atoms with Crippen molar-refractivity contribution in [3.05, 3.63) is 53.1 Å². The zero-order valence-electron chi connectivity index (χ0n) is 11.2. The Balaban J connectivity index is 2.02. The number of amides is 1.